The molecule has 0 aliphatic rings. The molecule has 0 atom stereocenters. The van der Waals surface area contributed by atoms with Gasteiger partial charge >= 0.3 is 0 Å². The van der Waals surface area contributed by atoms with Crippen molar-refractivity contribution in [3.05, 3.63) is 58.1 Å². The number of fused-ring (bicyclic) bond motifs is 1. The van der Waals surface area contributed by atoms with E-state index in [2.05, 4.69) is 16.4 Å². The molecular weight excluding hydrogens is 455 g/mol. The number of benzene rings is 1. The number of anilines is 2. The molecule has 0 fully saturated rings. The number of nitrogens with zero attached hydrogens (tertiary/aromatic N) is 3. The lowest BCUT2D eigenvalue weighted by Crippen LogP contribution is -2.09. The summed E-state index contributed by atoms with van der Waals surface area (Å²) in [5, 5.41) is 13.8. The van der Waals surface area contributed by atoms with Gasteiger partial charge in [0.1, 0.15) is 17.6 Å². The molecule has 0 amide bonds. The number of hydrogen-bond acceptors (Lipinski definition) is 7. The number of pyridine rings is 1. The lowest BCUT2D eigenvalue weighted by molar-refractivity contribution is 0.350. The zero-order chi connectivity index (χ0) is 22.1. The van der Waals surface area contributed by atoms with E-state index in [0.29, 0.717) is 39.3 Å². The number of rotatable bonds is 6. The molecule has 1 aromatic carbocycles. The van der Waals surface area contributed by atoms with Crippen LogP contribution >= 0.6 is 34.5 Å². The normalized spacial score (nSPS) is 11.1. The standard InChI is InChI=1S/C22H18Cl2N4O2S/c1-28(2)10-14-4-12(11-30-14)20-7-18-22(31-20)21(13(8-25)9-26-18)27-17-6-19(29-3)16(24)5-15(17)23/h4-7,9,11H,10H2,1-3H3,(H,26,27). The maximum atomic E-state index is 9.66. The lowest BCUT2D eigenvalue weighted by atomic mass is 10.2. The summed E-state index contributed by atoms with van der Waals surface area (Å²) in [5.74, 6) is 1.36. The van der Waals surface area contributed by atoms with Gasteiger partial charge in [0.25, 0.3) is 0 Å². The first-order valence-electron chi connectivity index (χ1n) is 9.24. The van der Waals surface area contributed by atoms with Crippen LogP contribution in [0.25, 0.3) is 20.7 Å². The van der Waals surface area contributed by atoms with Crippen LogP contribution < -0.4 is 10.1 Å². The molecule has 6 nitrogen and oxygen atoms in total. The van der Waals surface area contributed by atoms with Gasteiger partial charge in [0.2, 0.25) is 0 Å². The first kappa shape index (κ1) is 21.5. The van der Waals surface area contributed by atoms with Gasteiger partial charge in [0.05, 0.1) is 57.1 Å². The number of hydrogen-bond donors (Lipinski definition) is 1. The smallest absolute Gasteiger partial charge is 0.139 e. The largest absolute Gasteiger partial charge is 0.495 e. The van der Waals surface area contributed by atoms with Gasteiger partial charge < -0.3 is 19.4 Å². The summed E-state index contributed by atoms with van der Waals surface area (Å²) in [7, 11) is 5.51. The Morgan fingerprint density at radius 3 is 2.74 bits per heavy atom. The molecule has 0 spiro atoms. The van der Waals surface area contributed by atoms with Crippen molar-refractivity contribution in [3.8, 4) is 22.3 Å². The Morgan fingerprint density at radius 1 is 1.23 bits per heavy atom. The van der Waals surface area contributed by atoms with E-state index in [1.54, 1.807) is 24.6 Å². The molecule has 3 heterocycles. The molecule has 158 valence electrons. The molecule has 1 N–H and O–H groups in total. The van der Waals surface area contributed by atoms with E-state index in [-0.39, 0.29) is 0 Å². The molecule has 0 saturated carbocycles. The minimum atomic E-state index is 0.408. The summed E-state index contributed by atoms with van der Waals surface area (Å²) in [5.41, 5.74) is 3.36. The number of aromatic nitrogens is 1. The van der Waals surface area contributed by atoms with E-state index < -0.39 is 0 Å². The molecule has 3 aromatic heterocycles. The van der Waals surface area contributed by atoms with Crippen molar-refractivity contribution in [1.29, 1.82) is 5.26 Å². The maximum Gasteiger partial charge on any atom is 0.139 e. The monoisotopic (exact) mass is 472 g/mol. The van der Waals surface area contributed by atoms with E-state index in [4.69, 9.17) is 32.4 Å². The highest BCUT2D eigenvalue weighted by Crippen LogP contribution is 2.42. The molecule has 0 unspecified atom stereocenters. The lowest BCUT2D eigenvalue weighted by Gasteiger charge is -2.13. The van der Waals surface area contributed by atoms with Crippen LogP contribution in [0.2, 0.25) is 10.0 Å². The predicted octanol–water partition coefficient (Wildman–Crippen LogP) is 6.55. The highest BCUT2D eigenvalue weighted by atomic mass is 35.5. The fraction of sp³-hybridized carbons (Fsp3) is 0.182. The average molecular weight is 473 g/mol. The Hall–Kier alpha value is -2.76. The topological polar surface area (TPSA) is 74.3 Å². The molecule has 4 aromatic rings. The summed E-state index contributed by atoms with van der Waals surface area (Å²) in [6, 6.07) is 9.51. The Kier molecular flexibility index (Phi) is 6.08. The van der Waals surface area contributed by atoms with Crippen molar-refractivity contribution < 1.29 is 9.15 Å². The van der Waals surface area contributed by atoms with Gasteiger partial charge in [0.15, 0.2) is 0 Å². The van der Waals surface area contributed by atoms with Gasteiger partial charge in [-0.1, -0.05) is 23.2 Å². The third-order valence-electron chi connectivity index (χ3n) is 4.57. The van der Waals surface area contributed by atoms with E-state index in [9.17, 15) is 5.26 Å². The summed E-state index contributed by atoms with van der Waals surface area (Å²) < 4.78 is 11.8. The quantitative estimate of drug-likeness (QED) is 0.342. The van der Waals surface area contributed by atoms with Crippen molar-refractivity contribution in [2.75, 3.05) is 26.5 Å². The van der Waals surface area contributed by atoms with E-state index in [1.807, 2.05) is 31.1 Å². The molecule has 4 rings (SSSR count). The molecule has 0 aliphatic carbocycles. The number of nitriles is 1. The second kappa shape index (κ2) is 8.77. The van der Waals surface area contributed by atoms with Crippen molar-refractivity contribution >= 4 is 56.1 Å². The first-order chi connectivity index (χ1) is 14.9. The second-order valence-corrected chi connectivity index (χ2v) is 8.98. The fourth-order valence-corrected chi connectivity index (χ4v) is 4.75. The molecular formula is C22H18Cl2N4O2S. The van der Waals surface area contributed by atoms with Crippen LogP contribution in [0.5, 0.6) is 5.75 Å². The van der Waals surface area contributed by atoms with E-state index >= 15 is 0 Å². The van der Waals surface area contributed by atoms with Gasteiger partial charge in [-0.25, -0.2) is 0 Å². The minimum absolute atomic E-state index is 0.408. The number of halogens is 2. The highest BCUT2D eigenvalue weighted by molar-refractivity contribution is 7.22. The van der Waals surface area contributed by atoms with Crippen LogP contribution in [0.4, 0.5) is 11.4 Å². The highest BCUT2D eigenvalue weighted by Gasteiger charge is 2.17. The van der Waals surface area contributed by atoms with Crippen LogP contribution in [0.1, 0.15) is 11.3 Å². The number of methoxy groups -OCH3 is 1. The maximum absolute atomic E-state index is 9.66. The summed E-state index contributed by atoms with van der Waals surface area (Å²) in [6.45, 7) is 0.714. The Balaban J connectivity index is 1.78. The van der Waals surface area contributed by atoms with Crippen LogP contribution in [0.3, 0.4) is 0 Å². The minimum Gasteiger partial charge on any atom is -0.495 e. The van der Waals surface area contributed by atoms with Crippen molar-refractivity contribution in [2.45, 2.75) is 6.54 Å². The van der Waals surface area contributed by atoms with Crippen LogP contribution in [-0.4, -0.2) is 31.1 Å². The third-order valence-corrected chi connectivity index (χ3v) is 6.37. The Labute approximate surface area is 193 Å². The van der Waals surface area contributed by atoms with Crippen molar-refractivity contribution in [1.82, 2.24) is 9.88 Å². The Morgan fingerprint density at radius 2 is 2.03 bits per heavy atom. The molecule has 0 saturated heterocycles. The van der Waals surface area contributed by atoms with E-state index in [0.717, 1.165) is 26.4 Å². The zero-order valence-corrected chi connectivity index (χ0v) is 19.3. The number of nitrogens with one attached hydrogen (secondary N) is 1. The van der Waals surface area contributed by atoms with E-state index in [1.165, 1.54) is 18.4 Å². The summed E-state index contributed by atoms with van der Waals surface area (Å²) >= 11 is 14.1. The van der Waals surface area contributed by atoms with Crippen molar-refractivity contribution in [2.24, 2.45) is 0 Å². The predicted molar refractivity (Wildman–Crippen MR) is 126 cm³/mol. The third kappa shape index (κ3) is 4.34. The fourth-order valence-electron chi connectivity index (χ4n) is 3.15. The molecule has 9 heteroatoms. The van der Waals surface area contributed by atoms with Gasteiger partial charge in [-0.15, -0.1) is 11.3 Å². The molecule has 0 bridgehead atoms. The van der Waals surface area contributed by atoms with Crippen LogP contribution in [0, 0.1) is 11.3 Å². The van der Waals surface area contributed by atoms with Crippen LogP contribution in [0.15, 0.2) is 41.1 Å². The van der Waals surface area contributed by atoms with Crippen LogP contribution in [-0.2, 0) is 6.54 Å². The Bertz CT molecular complexity index is 1310. The second-order valence-electron chi connectivity index (χ2n) is 7.11. The van der Waals surface area contributed by atoms with Gasteiger partial charge in [0, 0.05) is 22.7 Å². The van der Waals surface area contributed by atoms with Gasteiger partial charge in [-0.05, 0) is 32.3 Å². The number of thiophene rings is 1. The molecule has 0 radical (unpaired) electrons. The average Bonchev–Trinajstić information content (AvgIpc) is 3.36. The number of ether oxygens (including phenoxy) is 1. The number of furan rings is 1. The van der Waals surface area contributed by atoms with Gasteiger partial charge in [-0.3, -0.25) is 4.98 Å². The zero-order valence-electron chi connectivity index (χ0n) is 17.0. The van der Waals surface area contributed by atoms with Gasteiger partial charge in [-0.2, -0.15) is 5.26 Å². The summed E-state index contributed by atoms with van der Waals surface area (Å²) in [4.78, 5) is 7.49. The first-order valence-corrected chi connectivity index (χ1v) is 10.8. The van der Waals surface area contributed by atoms with Crippen molar-refractivity contribution in [3.63, 3.8) is 0 Å². The SMILES string of the molecule is COc1cc(Nc2c(C#N)cnc3cc(-c4coc(CN(C)C)c4)sc23)c(Cl)cc1Cl. The molecule has 31 heavy (non-hydrogen) atoms. The molecule has 0 aliphatic heterocycles. The summed E-state index contributed by atoms with van der Waals surface area (Å²) in [6.07, 6.45) is 3.29.